The first kappa shape index (κ1) is 13.4. The highest BCUT2D eigenvalue weighted by atomic mass is 32.2. The fraction of sp³-hybridized carbons (Fsp3) is 0.400. The summed E-state index contributed by atoms with van der Waals surface area (Å²) in [6.45, 7) is 3.11. The molecule has 0 amide bonds. The van der Waals surface area contributed by atoms with E-state index in [1.807, 2.05) is 24.9 Å². The third-order valence-corrected chi connectivity index (χ3v) is 3.99. The Morgan fingerprint density at radius 1 is 1.28 bits per heavy atom. The molecule has 0 bridgehead atoms. The van der Waals surface area contributed by atoms with E-state index in [1.165, 1.54) is 28.8 Å². The highest BCUT2D eigenvalue weighted by molar-refractivity contribution is 7.99. The molecule has 0 saturated carbocycles. The number of fused-ring (bicyclic) bond motifs is 1. The molecule has 3 heteroatoms. The molecule has 0 spiro atoms. The Morgan fingerprint density at radius 3 is 2.89 bits per heavy atom. The summed E-state index contributed by atoms with van der Waals surface area (Å²) in [5.74, 6) is 1.15. The lowest BCUT2D eigenvalue weighted by Gasteiger charge is -2.09. The van der Waals surface area contributed by atoms with Crippen LogP contribution in [0.4, 0.5) is 0 Å². The van der Waals surface area contributed by atoms with E-state index in [0.29, 0.717) is 0 Å². The lowest BCUT2D eigenvalue weighted by atomic mass is 10.1. The van der Waals surface area contributed by atoms with Gasteiger partial charge in [-0.1, -0.05) is 31.5 Å². The van der Waals surface area contributed by atoms with Gasteiger partial charge < -0.3 is 5.32 Å². The van der Waals surface area contributed by atoms with Crippen LogP contribution in [0.5, 0.6) is 0 Å². The van der Waals surface area contributed by atoms with E-state index in [0.717, 1.165) is 17.8 Å². The molecule has 18 heavy (non-hydrogen) atoms. The predicted molar refractivity (Wildman–Crippen MR) is 80.1 cm³/mol. The van der Waals surface area contributed by atoms with Crippen molar-refractivity contribution < 1.29 is 0 Å². The molecule has 0 saturated heterocycles. The lowest BCUT2D eigenvalue weighted by Crippen LogP contribution is -2.07. The summed E-state index contributed by atoms with van der Waals surface area (Å²) < 4.78 is 0. The monoisotopic (exact) mass is 260 g/mol. The van der Waals surface area contributed by atoms with Crippen LogP contribution in [0.15, 0.2) is 35.4 Å². The minimum atomic E-state index is 0.881. The van der Waals surface area contributed by atoms with Gasteiger partial charge in [0.15, 0.2) is 0 Å². The first-order valence-electron chi connectivity index (χ1n) is 6.51. The van der Waals surface area contributed by atoms with E-state index in [-0.39, 0.29) is 0 Å². The molecule has 1 heterocycles. The Bertz CT molecular complexity index is 511. The van der Waals surface area contributed by atoms with Crippen LogP contribution >= 0.6 is 11.8 Å². The van der Waals surface area contributed by atoms with Crippen molar-refractivity contribution in [2.24, 2.45) is 0 Å². The molecular formula is C15H20N2S. The van der Waals surface area contributed by atoms with Crippen molar-refractivity contribution in [2.45, 2.75) is 31.3 Å². The van der Waals surface area contributed by atoms with E-state index in [9.17, 15) is 0 Å². The second kappa shape index (κ2) is 6.76. The summed E-state index contributed by atoms with van der Waals surface area (Å²) in [5, 5.41) is 5.63. The van der Waals surface area contributed by atoms with Gasteiger partial charge >= 0.3 is 0 Å². The zero-order valence-electron chi connectivity index (χ0n) is 11.1. The third kappa shape index (κ3) is 3.24. The molecule has 0 aliphatic carbocycles. The molecule has 0 fully saturated rings. The minimum Gasteiger partial charge on any atom is -0.316 e. The van der Waals surface area contributed by atoms with Crippen LogP contribution in [0.25, 0.3) is 10.9 Å². The van der Waals surface area contributed by atoms with E-state index in [2.05, 4.69) is 36.5 Å². The highest BCUT2D eigenvalue weighted by Gasteiger charge is 2.06. The van der Waals surface area contributed by atoms with Crippen molar-refractivity contribution in [1.82, 2.24) is 10.3 Å². The molecule has 0 aliphatic rings. The van der Waals surface area contributed by atoms with Crippen molar-refractivity contribution in [3.05, 3.63) is 35.9 Å². The van der Waals surface area contributed by atoms with Gasteiger partial charge in [0.25, 0.3) is 0 Å². The number of thioether (sulfide) groups is 1. The zero-order valence-corrected chi connectivity index (χ0v) is 11.9. The van der Waals surface area contributed by atoms with Crippen LogP contribution < -0.4 is 5.32 Å². The Balaban J connectivity index is 2.31. The van der Waals surface area contributed by atoms with Gasteiger partial charge in [-0.15, -0.1) is 11.8 Å². The first-order valence-corrected chi connectivity index (χ1v) is 7.49. The highest BCUT2D eigenvalue weighted by Crippen LogP contribution is 2.25. The standard InChI is InChI=1S/C15H20N2S/c1-3-4-9-18-15-13(11-16-2)10-12-7-5-6-8-14(12)17-15/h5-8,10,16H,3-4,9,11H2,1-2H3. The van der Waals surface area contributed by atoms with Gasteiger partial charge in [0.2, 0.25) is 0 Å². The summed E-state index contributed by atoms with van der Waals surface area (Å²) in [4.78, 5) is 4.79. The molecule has 2 aromatic rings. The minimum absolute atomic E-state index is 0.881. The molecule has 0 atom stereocenters. The molecular weight excluding hydrogens is 240 g/mol. The molecule has 1 N–H and O–H groups in total. The van der Waals surface area contributed by atoms with Gasteiger partial charge in [-0.25, -0.2) is 4.98 Å². The number of nitrogens with one attached hydrogen (secondary N) is 1. The quantitative estimate of drug-likeness (QED) is 0.631. The number of pyridine rings is 1. The van der Waals surface area contributed by atoms with Gasteiger partial charge in [-0.05, 0) is 36.9 Å². The Morgan fingerprint density at radius 2 is 2.11 bits per heavy atom. The van der Waals surface area contributed by atoms with Crippen LogP contribution in [0.1, 0.15) is 25.3 Å². The number of nitrogens with zero attached hydrogens (tertiary/aromatic N) is 1. The second-order valence-electron chi connectivity index (χ2n) is 4.38. The molecule has 1 aromatic heterocycles. The summed E-state index contributed by atoms with van der Waals surface area (Å²) in [6, 6.07) is 10.6. The van der Waals surface area contributed by atoms with Gasteiger partial charge in [0, 0.05) is 11.9 Å². The maximum atomic E-state index is 4.79. The summed E-state index contributed by atoms with van der Waals surface area (Å²) in [7, 11) is 1.98. The van der Waals surface area contributed by atoms with Crippen molar-refractivity contribution in [2.75, 3.05) is 12.8 Å². The molecule has 2 nitrogen and oxygen atoms in total. The van der Waals surface area contributed by atoms with Crippen LogP contribution in [-0.2, 0) is 6.54 Å². The average Bonchev–Trinajstić information content (AvgIpc) is 2.40. The molecule has 0 unspecified atom stereocenters. The molecule has 2 rings (SSSR count). The fourth-order valence-corrected chi connectivity index (χ4v) is 3.00. The lowest BCUT2D eigenvalue weighted by molar-refractivity contribution is 0.793. The number of benzene rings is 1. The average molecular weight is 260 g/mol. The molecule has 96 valence electrons. The van der Waals surface area contributed by atoms with E-state index in [4.69, 9.17) is 4.98 Å². The fourth-order valence-electron chi connectivity index (χ4n) is 1.90. The van der Waals surface area contributed by atoms with Crippen molar-refractivity contribution in [3.8, 4) is 0 Å². The maximum absolute atomic E-state index is 4.79. The number of aromatic nitrogens is 1. The van der Waals surface area contributed by atoms with Crippen molar-refractivity contribution in [1.29, 1.82) is 0 Å². The predicted octanol–water partition coefficient (Wildman–Crippen LogP) is 3.85. The summed E-state index contributed by atoms with van der Waals surface area (Å²) >= 11 is 1.88. The van der Waals surface area contributed by atoms with Gasteiger partial charge in [-0.2, -0.15) is 0 Å². The first-order chi connectivity index (χ1) is 8.85. The number of para-hydroxylation sites is 1. The van der Waals surface area contributed by atoms with E-state index >= 15 is 0 Å². The van der Waals surface area contributed by atoms with Crippen LogP contribution in [0.2, 0.25) is 0 Å². The SMILES string of the molecule is CCCCSc1nc2ccccc2cc1CNC. The molecule has 0 aliphatic heterocycles. The smallest absolute Gasteiger partial charge is 0.101 e. The Labute approximate surface area is 113 Å². The third-order valence-electron chi connectivity index (χ3n) is 2.87. The van der Waals surface area contributed by atoms with Crippen molar-refractivity contribution >= 4 is 22.7 Å². The van der Waals surface area contributed by atoms with Gasteiger partial charge in [-0.3, -0.25) is 0 Å². The summed E-state index contributed by atoms with van der Waals surface area (Å²) in [5.41, 5.74) is 2.40. The maximum Gasteiger partial charge on any atom is 0.101 e. The number of unbranched alkanes of at least 4 members (excludes halogenated alkanes) is 1. The Kier molecular flexibility index (Phi) is 5.02. The molecule has 1 aromatic carbocycles. The number of hydrogen-bond acceptors (Lipinski definition) is 3. The summed E-state index contributed by atoms with van der Waals surface area (Å²) in [6.07, 6.45) is 2.49. The largest absolute Gasteiger partial charge is 0.316 e. The molecule has 0 radical (unpaired) electrons. The van der Waals surface area contributed by atoms with Gasteiger partial charge in [0.1, 0.15) is 5.03 Å². The van der Waals surface area contributed by atoms with Crippen LogP contribution in [0, 0.1) is 0 Å². The van der Waals surface area contributed by atoms with E-state index in [1.54, 1.807) is 0 Å². The second-order valence-corrected chi connectivity index (χ2v) is 5.46. The normalized spacial score (nSPS) is 11.0. The van der Waals surface area contributed by atoms with E-state index < -0.39 is 0 Å². The van der Waals surface area contributed by atoms with Crippen LogP contribution in [0.3, 0.4) is 0 Å². The van der Waals surface area contributed by atoms with Crippen molar-refractivity contribution in [3.63, 3.8) is 0 Å². The van der Waals surface area contributed by atoms with Crippen LogP contribution in [-0.4, -0.2) is 17.8 Å². The number of hydrogen-bond donors (Lipinski definition) is 1. The topological polar surface area (TPSA) is 24.9 Å². The zero-order chi connectivity index (χ0) is 12.8. The number of rotatable bonds is 6. The Hall–Kier alpha value is -1.06. The van der Waals surface area contributed by atoms with Gasteiger partial charge in [0.05, 0.1) is 5.52 Å².